The summed E-state index contributed by atoms with van der Waals surface area (Å²) in [7, 11) is 0. The van der Waals surface area contributed by atoms with Crippen LogP contribution in [0.5, 0.6) is 0 Å². The minimum Gasteiger partial charge on any atom is -0.368 e. The summed E-state index contributed by atoms with van der Waals surface area (Å²) in [5.41, 5.74) is 1.07. The third-order valence-electron chi connectivity index (χ3n) is 3.10. The minimum absolute atomic E-state index is 0.0584. The molecule has 0 bridgehead atoms. The van der Waals surface area contributed by atoms with Gasteiger partial charge in [-0.15, -0.1) is 0 Å². The normalized spacial score (nSPS) is 24.5. The molecule has 0 saturated carbocycles. The van der Waals surface area contributed by atoms with Gasteiger partial charge in [0.15, 0.2) is 0 Å². The Morgan fingerprint density at radius 2 is 2.22 bits per heavy atom. The summed E-state index contributed by atoms with van der Waals surface area (Å²) in [6.45, 7) is 6.21. The first-order chi connectivity index (χ1) is 8.56. The van der Waals surface area contributed by atoms with Gasteiger partial charge in [0.2, 0.25) is 0 Å². The summed E-state index contributed by atoms with van der Waals surface area (Å²) < 4.78 is 7.14. The molecular formula is C14H19BrClNO. The van der Waals surface area contributed by atoms with E-state index in [1.807, 2.05) is 18.2 Å². The number of rotatable bonds is 3. The first-order valence-corrected chi connectivity index (χ1v) is 7.54. The average molecular weight is 333 g/mol. The molecule has 1 fully saturated rings. The highest BCUT2D eigenvalue weighted by molar-refractivity contribution is 9.10. The van der Waals surface area contributed by atoms with Crippen molar-refractivity contribution in [2.75, 3.05) is 13.1 Å². The van der Waals surface area contributed by atoms with Crippen molar-refractivity contribution in [1.29, 1.82) is 0 Å². The molecule has 1 aliphatic heterocycles. The third-order valence-corrected chi connectivity index (χ3v) is 3.92. The van der Waals surface area contributed by atoms with Crippen LogP contribution in [-0.2, 0) is 4.74 Å². The molecule has 1 N–H and O–H groups in total. The second-order valence-corrected chi connectivity index (χ2v) is 6.52. The molecule has 1 aromatic rings. The molecule has 1 aromatic carbocycles. The van der Waals surface area contributed by atoms with E-state index in [0.29, 0.717) is 5.92 Å². The summed E-state index contributed by atoms with van der Waals surface area (Å²) >= 11 is 9.70. The smallest absolute Gasteiger partial charge is 0.0968 e. The van der Waals surface area contributed by atoms with E-state index in [-0.39, 0.29) is 12.2 Å². The van der Waals surface area contributed by atoms with Crippen LogP contribution in [0.1, 0.15) is 31.9 Å². The van der Waals surface area contributed by atoms with Crippen LogP contribution in [-0.4, -0.2) is 19.2 Å². The molecule has 1 aliphatic rings. The second kappa shape index (κ2) is 6.38. The van der Waals surface area contributed by atoms with E-state index in [4.69, 9.17) is 16.3 Å². The van der Waals surface area contributed by atoms with Crippen molar-refractivity contribution >= 4 is 27.5 Å². The zero-order chi connectivity index (χ0) is 13.1. The van der Waals surface area contributed by atoms with Crippen molar-refractivity contribution in [3.63, 3.8) is 0 Å². The van der Waals surface area contributed by atoms with Gasteiger partial charge >= 0.3 is 0 Å². The van der Waals surface area contributed by atoms with Gasteiger partial charge in [0.25, 0.3) is 0 Å². The van der Waals surface area contributed by atoms with E-state index >= 15 is 0 Å². The Kier molecular flexibility index (Phi) is 5.07. The maximum atomic E-state index is 6.28. The Morgan fingerprint density at radius 1 is 1.44 bits per heavy atom. The van der Waals surface area contributed by atoms with Gasteiger partial charge in [-0.2, -0.15) is 0 Å². The van der Waals surface area contributed by atoms with Crippen LogP contribution in [0, 0.1) is 5.92 Å². The Bertz CT molecular complexity index is 411. The lowest BCUT2D eigenvalue weighted by atomic mass is 10.0. The van der Waals surface area contributed by atoms with Crippen LogP contribution in [0.2, 0.25) is 5.02 Å². The second-order valence-electron chi connectivity index (χ2n) is 5.20. The molecule has 1 heterocycles. The summed E-state index contributed by atoms with van der Waals surface area (Å²) in [6.07, 6.45) is 1.42. The van der Waals surface area contributed by atoms with Crippen LogP contribution in [0.4, 0.5) is 0 Å². The quantitative estimate of drug-likeness (QED) is 0.896. The molecule has 2 unspecified atom stereocenters. The standard InChI is InChI=1S/C14H19BrClNO/c1-9(2)5-11-7-17-8-14(18-11)12-4-3-10(15)6-13(12)16/h3-4,6,9,11,14,17H,5,7-8H2,1-2H3. The maximum absolute atomic E-state index is 6.28. The number of morpholine rings is 1. The molecule has 0 aromatic heterocycles. The van der Waals surface area contributed by atoms with E-state index < -0.39 is 0 Å². The number of ether oxygens (including phenoxy) is 1. The summed E-state index contributed by atoms with van der Waals surface area (Å²) in [4.78, 5) is 0. The molecule has 2 nitrogen and oxygen atoms in total. The number of halogens is 2. The highest BCUT2D eigenvalue weighted by Gasteiger charge is 2.25. The number of hydrogen-bond acceptors (Lipinski definition) is 2. The minimum atomic E-state index is 0.0584. The van der Waals surface area contributed by atoms with E-state index in [2.05, 4.69) is 35.1 Å². The van der Waals surface area contributed by atoms with Gasteiger partial charge in [-0.3, -0.25) is 0 Å². The van der Waals surface area contributed by atoms with Crippen LogP contribution >= 0.6 is 27.5 Å². The van der Waals surface area contributed by atoms with E-state index in [0.717, 1.165) is 34.6 Å². The van der Waals surface area contributed by atoms with Gasteiger partial charge in [0, 0.05) is 28.1 Å². The fourth-order valence-corrected chi connectivity index (χ4v) is 3.11. The van der Waals surface area contributed by atoms with Crippen molar-refractivity contribution < 1.29 is 4.74 Å². The van der Waals surface area contributed by atoms with Crippen LogP contribution < -0.4 is 5.32 Å². The van der Waals surface area contributed by atoms with Crippen LogP contribution in [0.3, 0.4) is 0 Å². The molecule has 2 rings (SSSR count). The lowest BCUT2D eigenvalue weighted by Crippen LogP contribution is -2.41. The van der Waals surface area contributed by atoms with Crippen molar-refractivity contribution in [3.05, 3.63) is 33.3 Å². The Morgan fingerprint density at radius 3 is 2.89 bits per heavy atom. The number of nitrogens with one attached hydrogen (secondary N) is 1. The average Bonchev–Trinajstić information content (AvgIpc) is 2.28. The topological polar surface area (TPSA) is 21.3 Å². The summed E-state index contributed by atoms with van der Waals surface area (Å²) in [5.74, 6) is 0.649. The van der Waals surface area contributed by atoms with E-state index in [9.17, 15) is 0 Å². The maximum Gasteiger partial charge on any atom is 0.0968 e. The van der Waals surface area contributed by atoms with Crippen molar-refractivity contribution in [2.45, 2.75) is 32.5 Å². The Labute approximate surface area is 122 Å². The fourth-order valence-electron chi connectivity index (χ4n) is 2.31. The highest BCUT2D eigenvalue weighted by Crippen LogP contribution is 2.31. The fraction of sp³-hybridized carbons (Fsp3) is 0.571. The molecule has 0 spiro atoms. The zero-order valence-electron chi connectivity index (χ0n) is 10.7. The van der Waals surface area contributed by atoms with Gasteiger partial charge in [0.1, 0.15) is 0 Å². The molecule has 0 amide bonds. The lowest BCUT2D eigenvalue weighted by Gasteiger charge is -2.32. The third kappa shape index (κ3) is 3.70. The number of hydrogen-bond donors (Lipinski definition) is 1. The Hall–Kier alpha value is -0.0900. The Balaban J connectivity index is 2.08. The predicted octanol–water partition coefficient (Wildman–Crippen LogP) is 4.18. The van der Waals surface area contributed by atoms with Gasteiger partial charge in [0.05, 0.1) is 12.2 Å². The predicted molar refractivity (Wildman–Crippen MR) is 79.1 cm³/mol. The first kappa shape index (κ1) is 14.3. The molecule has 0 radical (unpaired) electrons. The van der Waals surface area contributed by atoms with E-state index in [1.54, 1.807) is 0 Å². The number of benzene rings is 1. The monoisotopic (exact) mass is 331 g/mol. The largest absolute Gasteiger partial charge is 0.368 e. The molecule has 0 aliphatic carbocycles. The molecular weight excluding hydrogens is 314 g/mol. The zero-order valence-corrected chi connectivity index (χ0v) is 13.1. The van der Waals surface area contributed by atoms with Crippen LogP contribution in [0.15, 0.2) is 22.7 Å². The van der Waals surface area contributed by atoms with Gasteiger partial charge in [-0.25, -0.2) is 0 Å². The van der Waals surface area contributed by atoms with Gasteiger partial charge < -0.3 is 10.1 Å². The molecule has 4 heteroatoms. The van der Waals surface area contributed by atoms with Gasteiger partial charge in [-0.05, 0) is 24.5 Å². The molecule has 100 valence electrons. The lowest BCUT2D eigenvalue weighted by molar-refractivity contribution is -0.0473. The highest BCUT2D eigenvalue weighted by atomic mass is 79.9. The van der Waals surface area contributed by atoms with Crippen molar-refractivity contribution in [3.8, 4) is 0 Å². The summed E-state index contributed by atoms with van der Waals surface area (Å²) in [6, 6.07) is 5.97. The SMILES string of the molecule is CC(C)CC1CNCC(c2ccc(Br)cc2Cl)O1. The van der Waals surface area contributed by atoms with Crippen molar-refractivity contribution in [2.24, 2.45) is 5.92 Å². The first-order valence-electron chi connectivity index (χ1n) is 6.37. The van der Waals surface area contributed by atoms with E-state index in [1.165, 1.54) is 0 Å². The molecule has 2 atom stereocenters. The van der Waals surface area contributed by atoms with Crippen LogP contribution in [0.25, 0.3) is 0 Å². The summed E-state index contributed by atoms with van der Waals surface area (Å²) in [5, 5.41) is 4.20. The molecule has 18 heavy (non-hydrogen) atoms. The van der Waals surface area contributed by atoms with Crippen molar-refractivity contribution in [1.82, 2.24) is 5.32 Å². The molecule has 1 saturated heterocycles. The van der Waals surface area contributed by atoms with Gasteiger partial charge in [-0.1, -0.05) is 47.4 Å².